The molecule has 0 atom stereocenters. The molecule has 2 aromatic carbocycles. The first-order valence-corrected chi connectivity index (χ1v) is 13.1. The Balaban J connectivity index is 1.32. The van der Waals surface area contributed by atoms with Crippen LogP contribution in [0.5, 0.6) is 0 Å². The molecule has 3 aromatic heterocycles. The Morgan fingerprint density at radius 2 is 1.90 bits per heavy atom. The Kier molecular flexibility index (Phi) is 7.85. The fourth-order valence-electron chi connectivity index (χ4n) is 4.36. The normalized spacial score (nSPS) is 11.1. The largest absolute Gasteiger partial charge is 0.378 e. The van der Waals surface area contributed by atoms with E-state index in [4.69, 9.17) is 28.9 Å². The summed E-state index contributed by atoms with van der Waals surface area (Å²) < 4.78 is 1.85. The van der Waals surface area contributed by atoms with Gasteiger partial charge in [-0.1, -0.05) is 41.4 Å². The van der Waals surface area contributed by atoms with Gasteiger partial charge in [0.15, 0.2) is 0 Å². The molecule has 0 bridgehead atoms. The molecule has 204 valence electrons. The van der Waals surface area contributed by atoms with Gasteiger partial charge < -0.3 is 25.9 Å². The van der Waals surface area contributed by atoms with E-state index in [1.54, 1.807) is 18.2 Å². The van der Waals surface area contributed by atoms with Crippen LogP contribution in [0.15, 0.2) is 66.9 Å². The van der Waals surface area contributed by atoms with Gasteiger partial charge in [-0.15, -0.1) is 0 Å². The highest BCUT2D eigenvalue weighted by Gasteiger charge is 2.21. The molecule has 0 aliphatic carbocycles. The molecule has 40 heavy (non-hydrogen) atoms. The van der Waals surface area contributed by atoms with Gasteiger partial charge in [0.2, 0.25) is 5.82 Å². The number of aryl methyl sites for hydroxylation is 1. The number of H-pyrrole nitrogens is 1. The van der Waals surface area contributed by atoms with Crippen LogP contribution in [0.4, 0.5) is 17.3 Å². The third-order valence-electron chi connectivity index (χ3n) is 6.24. The molecular formula is C27H24Cl2N8O3. The van der Waals surface area contributed by atoms with Gasteiger partial charge in [-0.3, -0.25) is 14.9 Å². The van der Waals surface area contributed by atoms with Crippen molar-refractivity contribution in [2.45, 2.75) is 19.5 Å². The maximum atomic E-state index is 13.5. The van der Waals surface area contributed by atoms with Crippen LogP contribution < -0.4 is 16.4 Å². The SMILES string of the molecule is Nc1nc(NCCCn2ccc(-c3ccc(Cl)cc3Cl)c2C(=O)NCc2nc3ccccc3[nH]2)ccc1[N+](=O)[O-]. The Labute approximate surface area is 238 Å². The zero-order valence-electron chi connectivity index (χ0n) is 21.0. The summed E-state index contributed by atoms with van der Waals surface area (Å²) in [6, 6.07) is 17.4. The minimum atomic E-state index is -0.580. The molecule has 5 N–H and O–H groups in total. The Hall–Kier alpha value is -4.61. The molecule has 0 radical (unpaired) electrons. The van der Waals surface area contributed by atoms with Gasteiger partial charge in [0.25, 0.3) is 5.91 Å². The predicted molar refractivity (Wildman–Crippen MR) is 156 cm³/mol. The molecule has 1 amide bonds. The van der Waals surface area contributed by atoms with E-state index in [1.165, 1.54) is 12.1 Å². The lowest BCUT2D eigenvalue weighted by Gasteiger charge is -2.13. The van der Waals surface area contributed by atoms with Gasteiger partial charge in [-0.25, -0.2) is 9.97 Å². The molecule has 0 fully saturated rings. The van der Waals surface area contributed by atoms with E-state index in [2.05, 4.69) is 25.6 Å². The number of nitro groups is 1. The van der Waals surface area contributed by atoms with Gasteiger partial charge in [-0.05, 0) is 42.8 Å². The lowest BCUT2D eigenvalue weighted by Crippen LogP contribution is -2.27. The van der Waals surface area contributed by atoms with Crippen LogP contribution in [-0.4, -0.2) is 36.9 Å². The molecule has 0 aliphatic heterocycles. The van der Waals surface area contributed by atoms with Crippen molar-refractivity contribution in [2.75, 3.05) is 17.6 Å². The number of fused-ring (bicyclic) bond motifs is 1. The zero-order chi connectivity index (χ0) is 28.2. The number of nitrogen functional groups attached to an aromatic ring is 1. The quantitative estimate of drug-likeness (QED) is 0.0945. The second-order valence-corrected chi connectivity index (χ2v) is 9.76. The number of carbonyl (C=O) groups excluding carboxylic acids is 1. The number of halogens is 2. The van der Waals surface area contributed by atoms with E-state index in [9.17, 15) is 14.9 Å². The molecule has 5 aromatic rings. The van der Waals surface area contributed by atoms with Crippen LogP contribution in [0.1, 0.15) is 22.7 Å². The molecule has 0 aliphatic rings. The first kappa shape index (κ1) is 27.0. The summed E-state index contributed by atoms with van der Waals surface area (Å²) in [4.78, 5) is 35.7. The van der Waals surface area contributed by atoms with Gasteiger partial charge >= 0.3 is 5.69 Å². The van der Waals surface area contributed by atoms with E-state index in [-0.39, 0.29) is 24.0 Å². The summed E-state index contributed by atoms with van der Waals surface area (Å²) in [5.74, 6) is 0.614. The number of amides is 1. The third kappa shape index (κ3) is 5.85. The lowest BCUT2D eigenvalue weighted by atomic mass is 10.1. The second kappa shape index (κ2) is 11.6. The van der Waals surface area contributed by atoms with Crippen LogP contribution in [-0.2, 0) is 13.1 Å². The van der Waals surface area contributed by atoms with Crippen molar-refractivity contribution in [2.24, 2.45) is 0 Å². The fraction of sp³-hybridized carbons (Fsp3) is 0.148. The van der Waals surface area contributed by atoms with Crippen LogP contribution in [0.25, 0.3) is 22.2 Å². The van der Waals surface area contributed by atoms with Crippen molar-refractivity contribution >= 4 is 57.5 Å². The van der Waals surface area contributed by atoms with Crippen LogP contribution >= 0.6 is 23.2 Å². The standard InChI is InChI=1S/C27H24Cl2N8O3/c28-16-6-7-17(19(29)14-16)18-10-13-36(12-3-11-31-23-9-8-22(37(39)40)26(30)35-23)25(18)27(38)32-15-24-33-20-4-1-2-5-21(20)34-24/h1-2,4-10,13-14H,3,11-12,15H2,(H,32,38)(H,33,34)(H3,30,31,35). The van der Waals surface area contributed by atoms with Crippen molar-refractivity contribution in [3.05, 3.63) is 98.5 Å². The molecule has 0 spiro atoms. The maximum Gasteiger partial charge on any atom is 0.311 e. The number of para-hydroxylation sites is 2. The highest BCUT2D eigenvalue weighted by atomic mass is 35.5. The minimum absolute atomic E-state index is 0.159. The average Bonchev–Trinajstić information content (AvgIpc) is 3.53. The molecule has 0 saturated carbocycles. The summed E-state index contributed by atoms with van der Waals surface area (Å²) in [5, 5.41) is 18.0. The Bertz CT molecular complexity index is 1680. The molecule has 13 heteroatoms. The number of rotatable bonds is 10. The number of aromatic nitrogens is 4. The number of pyridine rings is 1. The smallest absolute Gasteiger partial charge is 0.311 e. The zero-order valence-corrected chi connectivity index (χ0v) is 22.5. The Morgan fingerprint density at radius 1 is 1.07 bits per heavy atom. The first-order chi connectivity index (χ1) is 19.3. The van der Waals surface area contributed by atoms with Crippen molar-refractivity contribution in [1.82, 2.24) is 24.8 Å². The fourth-order valence-corrected chi connectivity index (χ4v) is 4.87. The number of nitrogens with one attached hydrogen (secondary N) is 3. The van der Waals surface area contributed by atoms with Crippen LogP contribution in [0, 0.1) is 10.1 Å². The number of imidazole rings is 1. The summed E-state index contributed by atoms with van der Waals surface area (Å²) in [6.45, 7) is 1.19. The monoisotopic (exact) mass is 578 g/mol. The minimum Gasteiger partial charge on any atom is -0.378 e. The van der Waals surface area contributed by atoms with Gasteiger partial charge in [0, 0.05) is 46.5 Å². The van der Waals surface area contributed by atoms with Crippen molar-refractivity contribution < 1.29 is 9.72 Å². The number of hydrogen-bond acceptors (Lipinski definition) is 7. The maximum absolute atomic E-state index is 13.5. The number of hydrogen-bond donors (Lipinski definition) is 4. The van der Waals surface area contributed by atoms with E-state index < -0.39 is 4.92 Å². The second-order valence-electron chi connectivity index (χ2n) is 8.92. The van der Waals surface area contributed by atoms with Gasteiger partial charge in [-0.2, -0.15) is 0 Å². The number of carbonyl (C=O) groups is 1. The van der Waals surface area contributed by atoms with E-state index in [1.807, 2.05) is 41.1 Å². The molecular weight excluding hydrogens is 555 g/mol. The number of nitrogens with two attached hydrogens (primary N) is 1. The predicted octanol–water partition coefficient (Wildman–Crippen LogP) is 5.66. The topological polar surface area (TPSA) is 157 Å². The van der Waals surface area contributed by atoms with E-state index in [0.717, 1.165) is 11.0 Å². The lowest BCUT2D eigenvalue weighted by molar-refractivity contribution is -0.384. The summed E-state index contributed by atoms with van der Waals surface area (Å²) in [5.41, 5.74) is 8.93. The number of nitrogens with zero attached hydrogens (tertiary/aromatic N) is 4. The van der Waals surface area contributed by atoms with Gasteiger partial charge in [0.1, 0.15) is 17.3 Å². The summed E-state index contributed by atoms with van der Waals surface area (Å²) in [7, 11) is 0. The number of aromatic amines is 1. The molecule has 5 rings (SSSR count). The van der Waals surface area contributed by atoms with Crippen LogP contribution in [0.2, 0.25) is 10.0 Å². The van der Waals surface area contributed by atoms with Gasteiger partial charge in [0.05, 0.1) is 22.5 Å². The third-order valence-corrected chi connectivity index (χ3v) is 6.78. The average molecular weight is 579 g/mol. The highest BCUT2D eigenvalue weighted by molar-refractivity contribution is 6.36. The molecule has 0 saturated heterocycles. The highest BCUT2D eigenvalue weighted by Crippen LogP contribution is 2.33. The van der Waals surface area contributed by atoms with Crippen molar-refractivity contribution in [1.29, 1.82) is 0 Å². The van der Waals surface area contributed by atoms with Crippen LogP contribution in [0.3, 0.4) is 0 Å². The van der Waals surface area contributed by atoms with E-state index in [0.29, 0.717) is 58.0 Å². The van der Waals surface area contributed by atoms with Crippen molar-refractivity contribution in [3.8, 4) is 11.1 Å². The van der Waals surface area contributed by atoms with E-state index >= 15 is 0 Å². The first-order valence-electron chi connectivity index (χ1n) is 12.3. The molecule has 11 nitrogen and oxygen atoms in total. The molecule has 0 unspecified atom stereocenters. The summed E-state index contributed by atoms with van der Waals surface area (Å²) in [6.07, 6.45) is 2.45. The number of benzene rings is 2. The summed E-state index contributed by atoms with van der Waals surface area (Å²) >= 11 is 12.6. The van der Waals surface area contributed by atoms with Crippen molar-refractivity contribution in [3.63, 3.8) is 0 Å². The number of anilines is 2. The Morgan fingerprint density at radius 3 is 2.65 bits per heavy atom. The molecule has 3 heterocycles.